The fraction of sp³-hybridized carbons (Fsp3) is 1.00. The monoisotopic (exact) mass is 208 g/mol. The first-order chi connectivity index (χ1) is 4.70. The van der Waals surface area contributed by atoms with Crippen LogP contribution in [0.1, 0.15) is 32.6 Å². The van der Waals surface area contributed by atoms with E-state index in [2.05, 4.69) is 22.9 Å². The predicted octanol–water partition coefficient (Wildman–Crippen LogP) is 3.30. The number of hydrogen-bond donors (Lipinski definition) is 0. The average molecular weight is 209 g/mol. The molecule has 0 saturated heterocycles. The summed E-state index contributed by atoms with van der Waals surface area (Å²) < 4.78 is 12.3. The summed E-state index contributed by atoms with van der Waals surface area (Å²) in [6.45, 7) is 2.14. The van der Waals surface area contributed by atoms with Crippen LogP contribution in [0.25, 0.3) is 0 Å². The van der Waals surface area contributed by atoms with Crippen molar-refractivity contribution >= 4 is 15.9 Å². The van der Waals surface area contributed by atoms with Gasteiger partial charge in [0.1, 0.15) is 6.17 Å². The molecule has 0 aromatic rings. The molecule has 1 aliphatic rings. The molecule has 1 aliphatic carbocycles. The van der Waals surface area contributed by atoms with Crippen molar-refractivity contribution in [2.24, 2.45) is 5.92 Å². The third-order valence-corrected chi connectivity index (χ3v) is 2.47. The number of hydrogen-bond acceptors (Lipinski definition) is 0. The highest BCUT2D eigenvalue weighted by atomic mass is 79.9. The normalized spacial score (nSPS) is 33.9. The molecule has 0 radical (unpaired) electrons. The molecule has 3 unspecified atom stereocenters. The van der Waals surface area contributed by atoms with Gasteiger partial charge in [-0.3, -0.25) is 0 Å². The molecule has 1 fully saturated rings. The van der Waals surface area contributed by atoms with Crippen molar-refractivity contribution in [1.82, 2.24) is 0 Å². The molecular formula is C8H14BrF. The molecule has 1 rings (SSSR count). The highest BCUT2D eigenvalue weighted by Gasteiger charge is 2.36. The third kappa shape index (κ3) is 3.00. The molecule has 1 saturated carbocycles. The van der Waals surface area contributed by atoms with Gasteiger partial charge in [-0.25, -0.2) is 4.39 Å². The molecule has 0 N–H and O–H groups in total. The van der Waals surface area contributed by atoms with E-state index < -0.39 is 6.17 Å². The molecule has 0 bridgehead atoms. The van der Waals surface area contributed by atoms with Gasteiger partial charge in [0, 0.05) is 4.83 Å². The average Bonchev–Trinajstić information content (AvgIpc) is 2.46. The van der Waals surface area contributed by atoms with Gasteiger partial charge in [-0.1, -0.05) is 29.3 Å². The second-order valence-electron chi connectivity index (χ2n) is 3.22. The Balaban J connectivity index is 1.87. The maximum atomic E-state index is 12.3. The van der Waals surface area contributed by atoms with Gasteiger partial charge in [0.05, 0.1) is 0 Å². The van der Waals surface area contributed by atoms with Gasteiger partial charge in [0.15, 0.2) is 0 Å². The van der Waals surface area contributed by atoms with E-state index >= 15 is 0 Å². The molecule has 3 atom stereocenters. The largest absolute Gasteiger partial charge is 0.247 e. The Bertz CT molecular complexity index is 103. The standard InChI is InChI=1S/C8H14BrF/c1-6(9)3-2-4-7-5-8(7)10/h6-8H,2-5H2,1H3. The third-order valence-electron chi connectivity index (χ3n) is 2.01. The van der Waals surface area contributed by atoms with Crippen LogP contribution >= 0.6 is 15.9 Å². The van der Waals surface area contributed by atoms with Crippen LogP contribution < -0.4 is 0 Å². The van der Waals surface area contributed by atoms with Crippen molar-refractivity contribution < 1.29 is 4.39 Å². The van der Waals surface area contributed by atoms with Crippen LogP contribution in [0.15, 0.2) is 0 Å². The van der Waals surface area contributed by atoms with Crippen molar-refractivity contribution in [3.8, 4) is 0 Å². The Labute approximate surface area is 70.3 Å². The molecule has 0 heterocycles. The van der Waals surface area contributed by atoms with Crippen LogP contribution in [0.3, 0.4) is 0 Å². The SMILES string of the molecule is CC(Br)CCCC1CC1F. The van der Waals surface area contributed by atoms with Crippen LogP contribution in [0.4, 0.5) is 4.39 Å². The Morgan fingerprint density at radius 2 is 2.30 bits per heavy atom. The zero-order chi connectivity index (χ0) is 7.56. The maximum absolute atomic E-state index is 12.3. The van der Waals surface area contributed by atoms with E-state index in [0.717, 1.165) is 12.8 Å². The quantitative estimate of drug-likeness (QED) is 0.623. The van der Waals surface area contributed by atoms with Gasteiger partial charge < -0.3 is 0 Å². The van der Waals surface area contributed by atoms with Crippen molar-refractivity contribution in [3.63, 3.8) is 0 Å². The topological polar surface area (TPSA) is 0 Å². The van der Waals surface area contributed by atoms with Gasteiger partial charge in [0.2, 0.25) is 0 Å². The second kappa shape index (κ2) is 3.70. The van der Waals surface area contributed by atoms with Crippen molar-refractivity contribution in [1.29, 1.82) is 0 Å². The second-order valence-corrected chi connectivity index (χ2v) is 4.79. The minimum Gasteiger partial charge on any atom is -0.247 e. The summed E-state index contributed by atoms with van der Waals surface area (Å²) in [6, 6.07) is 0. The lowest BCUT2D eigenvalue weighted by Crippen LogP contribution is -1.90. The Morgan fingerprint density at radius 1 is 1.70 bits per heavy atom. The maximum Gasteiger partial charge on any atom is 0.103 e. The summed E-state index contributed by atoms with van der Waals surface area (Å²) in [4.78, 5) is 0.601. The van der Waals surface area contributed by atoms with Gasteiger partial charge in [-0.2, -0.15) is 0 Å². The summed E-state index contributed by atoms with van der Waals surface area (Å²) in [5, 5.41) is 0. The molecular weight excluding hydrogens is 195 g/mol. The zero-order valence-electron chi connectivity index (χ0n) is 6.32. The summed E-state index contributed by atoms with van der Waals surface area (Å²) >= 11 is 3.47. The summed E-state index contributed by atoms with van der Waals surface area (Å²) in [7, 11) is 0. The highest BCUT2D eigenvalue weighted by Crippen LogP contribution is 2.38. The van der Waals surface area contributed by atoms with Gasteiger partial charge in [-0.05, 0) is 25.2 Å². The fourth-order valence-corrected chi connectivity index (χ4v) is 1.49. The molecule has 0 amide bonds. The predicted molar refractivity (Wildman–Crippen MR) is 45.2 cm³/mol. The number of alkyl halides is 2. The Kier molecular flexibility index (Phi) is 3.15. The lowest BCUT2D eigenvalue weighted by molar-refractivity contribution is 0.431. The fourth-order valence-electron chi connectivity index (χ4n) is 1.17. The van der Waals surface area contributed by atoms with E-state index in [4.69, 9.17) is 0 Å². The van der Waals surface area contributed by atoms with Gasteiger partial charge >= 0.3 is 0 Å². The van der Waals surface area contributed by atoms with Crippen molar-refractivity contribution in [2.45, 2.75) is 43.6 Å². The molecule has 0 aromatic carbocycles. The molecule has 60 valence electrons. The molecule has 0 aromatic heterocycles. The first kappa shape index (κ1) is 8.51. The van der Waals surface area contributed by atoms with Crippen LogP contribution in [-0.4, -0.2) is 11.0 Å². The first-order valence-corrected chi connectivity index (χ1v) is 4.90. The summed E-state index contributed by atoms with van der Waals surface area (Å²) in [6.07, 6.45) is 3.83. The molecule has 0 spiro atoms. The molecule has 0 aliphatic heterocycles. The zero-order valence-corrected chi connectivity index (χ0v) is 7.90. The molecule has 0 nitrogen and oxygen atoms in total. The lowest BCUT2D eigenvalue weighted by atomic mass is 10.1. The lowest BCUT2D eigenvalue weighted by Gasteiger charge is -2.00. The van der Waals surface area contributed by atoms with Crippen LogP contribution in [-0.2, 0) is 0 Å². The van der Waals surface area contributed by atoms with E-state index in [1.165, 1.54) is 12.8 Å². The van der Waals surface area contributed by atoms with Crippen molar-refractivity contribution in [2.75, 3.05) is 0 Å². The van der Waals surface area contributed by atoms with Gasteiger partial charge in [-0.15, -0.1) is 0 Å². The molecule has 2 heteroatoms. The minimum absolute atomic E-state index is 0.422. The van der Waals surface area contributed by atoms with E-state index in [1.807, 2.05) is 0 Å². The summed E-state index contributed by atoms with van der Waals surface area (Å²) in [5.41, 5.74) is 0. The first-order valence-electron chi connectivity index (χ1n) is 3.98. The Hall–Kier alpha value is 0.410. The van der Waals surface area contributed by atoms with E-state index in [0.29, 0.717) is 10.7 Å². The Morgan fingerprint density at radius 3 is 2.70 bits per heavy atom. The van der Waals surface area contributed by atoms with E-state index in [1.54, 1.807) is 0 Å². The van der Waals surface area contributed by atoms with Crippen LogP contribution in [0.2, 0.25) is 0 Å². The van der Waals surface area contributed by atoms with Crippen LogP contribution in [0, 0.1) is 5.92 Å². The van der Waals surface area contributed by atoms with Crippen molar-refractivity contribution in [3.05, 3.63) is 0 Å². The number of rotatable bonds is 4. The smallest absolute Gasteiger partial charge is 0.103 e. The van der Waals surface area contributed by atoms with E-state index in [-0.39, 0.29) is 0 Å². The number of halogens is 2. The summed E-state index contributed by atoms with van der Waals surface area (Å²) in [5.74, 6) is 0.422. The molecule has 10 heavy (non-hydrogen) atoms. The highest BCUT2D eigenvalue weighted by molar-refractivity contribution is 9.09. The van der Waals surface area contributed by atoms with Gasteiger partial charge in [0.25, 0.3) is 0 Å². The van der Waals surface area contributed by atoms with E-state index in [9.17, 15) is 4.39 Å². The minimum atomic E-state index is -0.453. The van der Waals surface area contributed by atoms with Crippen LogP contribution in [0.5, 0.6) is 0 Å².